The topological polar surface area (TPSA) is 26.0 Å². The molecule has 0 aromatic heterocycles. The van der Waals surface area contributed by atoms with Crippen molar-refractivity contribution in [3.8, 4) is 0 Å². The van der Waals surface area contributed by atoms with Gasteiger partial charge in [0.1, 0.15) is 5.82 Å². The van der Waals surface area contributed by atoms with E-state index in [0.717, 1.165) is 18.4 Å². The maximum atomic E-state index is 12.9. The molecular weight excluding hydrogens is 165 g/mol. The van der Waals surface area contributed by atoms with Crippen molar-refractivity contribution in [3.63, 3.8) is 0 Å². The molecule has 0 aliphatic heterocycles. The molecule has 1 aromatic carbocycles. The highest BCUT2D eigenvalue weighted by Crippen LogP contribution is 2.50. The molecule has 0 spiro atoms. The van der Waals surface area contributed by atoms with E-state index in [0.29, 0.717) is 0 Å². The highest BCUT2D eigenvalue weighted by atomic mass is 19.1. The van der Waals surface area contributed by atoms with E-state index in [-0.39, 0.29) is 17.3 Å². The largest absolute Gasteiger partial charge is 0.327 e. The van der Waals surface area contributed by atoms with Gasteiger partial charge in [-0.3, -0.25) is 0 Å². The molecule has 1 nitrogen and oxygen atoms in total. The summed E-state index contributed by atoms with van der Waals surface area (Å²) in [5.74, 6) is -0.163. The molecule has 0 saturated heterocycles. The Labute approximate surface area is 77.8 Å². The van der Waals surface area contributed by atoms with Gasteiger partial charge in [-0.1, -0.05) is 12.1 Å². The molecule has 1 aliphatic rings. The first-order chi connectivity index (χ1) is 6.15. The van der Waals surface area contributed by atoms with E-state index in [9.17, 15) is 4.39 Å². The van der Waals surface area contributed by atoms with Gasteiger partial charge in [0, 0.05) is 11.5 Å². The average molecular weight is 179 g/mol. The summed E-state index contributed by atoms with van der Waals surface area (Å²) in [6.07, 6.45) is 2.18. The van der Waals surface area contributed by atoms with Crippen LogP contribution in [0.5, 0.6) is 0 Å². The van der Waals surface area contributed by atoms with Gasteiger partial charge in [-0.05, 0) is 37.5 Å². The molecule has 1 unspecified atom stereocenters. The van der Waals surface area contributed by atoms with Gasteiger partial charge in [-0.15, -0.1) is 0 Å². The molecule has 1 atom stereocenters. The third kappa shape index (κ3) is 1.35. The zero-order chi connectivity index (χ0) is 9.47. The summed E-state index contributed by atoms with van der Waals surface area (Å²) < 4.78 is 12.9. The van der Waals surface area contributed by atoms with Crippen LogP contribution in [-0.2, 0) is 5.41 Å². The van der Waals surface area contributed by atoms with Crippen molar-refractivity contribution in [2.45, 2.75) is 31.2 Å². The van der Waals surface area contributed by atoms with Gasteiger partial charge in [0.05, 0.1) is 0 Å². The van der Waals surface area contributed by atoms with Crippen LogP contribution >= 0.6 is 0 Å². The van der Waals surface area contributed by atoms with Crippen LogP contribution in [0.3, 0.4) is 0 Å². The lowest BCUT2D eigenvalue weighted by Crippen LogP contribution is -2.31. The van der Waals surface area contributed by atoms with E-state index in [1.807, 2.05) is 13.0 Å². The third-order valence-electron chi connectivity index (χ3n) is 3.06. The van der Waals surface area contributed by atoms with Gasteiger partial charge >= 0.3 is 0 Å². The van der Waals surface area contributed by atoms with Crippen molar-refractivity contribution < 1.29 is 4.39 Å². The summed E-state index contributed by atoms with van der Waals surface area (Å²) in [7, 11) is 0. The van der Waals surface area contributed by atoms with Gasteiger partial charge in [-0.2, -0.15) is 0 Å². The number of benzene rings is 1. The van der Waals surface area contributed by atoms with E-state index in [2.05, 4.69) is 0 Å². The van der Waals surface area contributed by atoms with Crippen LogP contribution < -0.4 is 5.73 Å². The summed E-state index contributed by atoms with van der Waals surface area (Å²) in [6, 6.07) is 6.93. The predicted molar refractivity (Wildman–Crippen MR) is 51.0 cm³/mol. The van der Waals surface area contributed by atoms with E-state index < -0.39 is 0 Å². The van der Waals surface area contributed by atoms with Gasteiger partial charge in [0.25, 0.3) is 0 Å². The van der Waals surface area contributed by atoms with Crippen LogP contribution in [0.4, 0.5) is 4.39 Å². The zero-order valence-corrected chi connectivity index (χ0v) is 7.76. The Hall–Kier alpha value is -0.890. The quantitative estimate of drug-likeness (QED) is 0.740. The molecule has 0 amide bonds. The number of hydrogen-bond donors (Lipinski definition) is 1. The molecule has 1 fully saturated rings. The Morgan fingerprint density at radius 2 is 2.15 bits per heavy atom. The van der Waals surface area contributed by atoms with E-state index in [1.54, 1.807) is 12.1 Å². The summed E-state index contributed by atoms with van der Waals surface area (Å²) in [5, 5.41) is 0. The normalized spacial score (nSPS) is 21.2. The second kappa shape index (κ2) is 2.81. The Morgan fingerprint density at radius 3 is 2.62 bits per heavy atom. The molecule has 2 rings (SSSR count). The van der Waals surface area contributed by atoms with Gasteiger partial charge in [0.15, 0.2) is 0 Å². The first kappa shape index (κ1) is 8.70. The van der Waals surface area contributed by atoms with Crippen molar-refractivity contribution in [3.05, 3.63) is 35.6 Å². The lowest BCUT2D eigenvalue weighted by molar-refractivity contribution is 0.548. The fourth-order valence-electron chi connectivity index (χ4n) is 1.94. The molecule has 0 radical (unpaired) electrons. The van der Waals surface area contributed by atoms with Gasteiger partial charge in [-0.25, -0.2) is 4.39 Å². The van der Waals surface area contributed by atoms with Crippen LogP contribution in [0.15, 0.2) is 24.3 Å². The molecule has 2 N–H and O–H groups in total. The molecule has 0 bridgehead atoms. The monoisotopic (exact) mass is 179 g/mol. The Bertz CT molecular complexity index is 316. The summed E-state index contributed by atoms with van der Waals surface area (Å²) >= 11 is 0. The lowest BCUT2D eigenvalue weighted by Gasteiger charge is -2.19. The summed E-state index contributed by atoms with van der Waals surface area (Å²) in [4.78, 5) is 0. The number of rotatable bonds is 2. The minimum atomic E-state index is -0.163. The number of nitrogens with two attached hydrogens (primary N) is 1. The van der Waals surface area contributed by atoms with Crippen molar-refractivity contribution >= 4 is 0 Å². The minimum Gasteiger partial charge on any atom is -0.327 e. The summed E-state index contributed by atoms with van der Waals surface area (Å²) in [6.45, 7) is 2.00. The average Bonchev–Trinajstić information content (AvgIpc) is 2.83. The predicted octanol–water partition coefficient (Wildman–Crippen LogP) is 2.20. The molecule has 70 valence electrons. The third-order valence-corrected chi connectivity index (χ3v) is 3.06. The fraction of sp³-hybridized carbons (Fsp3) is 0.455. The molecule has 13 heavy (non-hydrogen) atoms. The Kier molecular flexibility index (Phi) is 1.88. The smallest absolute Gasteiger partial charge is 0.123 e. The SMILES string of the molecule is CC(N)C1(c2cccc(F)c2)CC1. The summed E-state index contributed by atoms with van der Waals surface area (Å²) in [5.41, 5.74) is 7.02. The molecule has 2 heteroatoms. The standard InChI is InChI=1S/C11H14FN/c1-8(13)11(5-6-11)9-3-2-4-10(12)7-9/h2-4,7-8H,5-6,13H2,1H3. The maximum absolute atomic E-state index is 12.9. The second-order valence-corrected chi connectivity index (χ2v) is 3.96. The van der Waals surface area contributed by atoms with Crippen molar-refractivity contribution in [2.24, 2.45) is 5.73 Å². The first-order valence-corrected chi connectivity index (χ1v) is 4.67. The molecule has 1 saturated carbocycles. The fourth-order valence-corrected chi connectivity index (χ4v) is 1.94. The van der Waals surface area contributed by atoms with Crippen molar-refractivity contribution in [2.75, 3.05) is 0 Å². The number of hydrogen-bond acceptors (Lipinski definition) is 1. The Balaban J connectivity index is 2.35. The second-order valence-electron chi connectivity index (χ2n) is 3.96. The zero-order valence-electron chi connectivity index (χ0n) is 7.76. The minimum absolute atomic E-state index is 0.0715. The highest BCUT2D eigenvalue weighted by Gasteiger charge is 2.47. The van der Waals surface area contributed by atoms with Gasteiger partial charge in [0.2, 0.25) is 0 Å². The van der Waals surface area contributed by atoms with Crippen molar-refractivity contribution in [1.29, 1.82) is 0 Å². The van der Waals surface area contributed by atoms with Crippen molar-refractivity contribution in [1.82, 2.24) is 0 Å². The molecule has 0 heterocycles. The van der Waals surface area contributed by atoms with Crippen LogP contribution in [-0.4, -0.2) is 6.04 Å². The lowest BCUT2D eigenvalue weighted by atomic mass is 9.89. The van der Waals surface area contributed by atoms with E-state index in [1.165, 1.54) is 6.07 Å². The van der Waals surface area contributed by atoms with E-state index >= 15 is 0 Å². The molecule has 1 aliphatic carbocycles. The molecule has 1 aromatic rings. The van der Waals surface area contributed by atoms with Crippen LogP contribution in [0.2, 0.25) is 0 Å². The Morgan fingerprint density at radius 1 is 1.46 bits per heavy atom. The van der Waals surface area contributed by atoms with Crippen LogP contribution in [0.1, 0.15) is 25.3 Å². The highest BCUT2D eigenvalue weighted by molar-refractivity contribution is 5.33. The van der Waals surface area contributed by atoms with Gasteiger partial charge < -0.3 is 5.73 Å². The van der Waals surface area contributed by atoms with Crippen LogP contribution in [0, 0.1) is 5.82 Å². The van der Waals surface area contributed by atoms with E-state index in [4.69, 9.17) is 5.73 Å². The molecular formula is C11H14FN. The van der Waals surface area contributed by atoms with Crippen LogP contribution in [0.25, 0.3) is 0 Å². The first-order valence-electron chi connectivity index (χ1n) is 4.67. The number of halogens is 1. The maximum Gasteiger partial charge on any atom is 0.123 e.